The first-order valence-corrected chi connectivity index (χ1v) is 5.23. The van der Waals surface area contributed by atoms with Gasteiger partial charge in [-0.05, 0) is 40.0 Å². The van der Waals surface area contributed by atoms with E-state index in [9.17, 15) is 9.59 Å². The number of rotatable bonds is 1. The monoisotopic (exact) mass is 269 g/mol. The minimum atomic E-state index is -0.971. The predicted octanol–water partition coefficient (Wildman–Crippen LogP) is 2.03. The van der Waals surface area contributed by atoms with Crippen molar-refractivity contribution in [2.24, 2.45) is 0 Å². The number of carbonyl (C=O) groups is 2. The van der Waals surface area contributed by atoms with Crippen LogP contribution in [0.3, 0.4) is 0 Å². The Bertz CT molecular complexity index is 456. The van der Waals surface area contributed by atoms with Gasteiger partial charge >= 0.3 is 5.97 Å². The van der Waals surface area contributed by atoms with Gasteiger partial charge in [-0.3, -0.25) is 4.79 Å². The van der Waals surface area contributed by atoms with Gasteiger partial charge in [0, 0.05) is 16.6 Å². The van der Waals surface area contributed by atoms with Gasteiger partial charge in [-0.2, -0.15) is 0 Å². The number of aromatic carboxylic acids is 1. The molecule has 0 unspecified atom stereocenters. The number of halogens is 1. The quantitative estimate of drug-likeness (QED) is 0.820. The third-order valence-electron chi connectivity index (χ3n) is 2.35. The van der Waals surface area contributed by atoms with Crippen LogP contribution in [0.5, 0.6) is 0 Å². The average Bonchev–Trinajstić information content (AvgIpc) is 2.17. The van der Waals surface area contributed by atoms with Crippen molar-refractivity contribution < 1.29 is 14.7 Å². The first-order chi connectivity index (χ1) is 7.09. The first-order valence-electron chi connectivity index (χ1n) is 4.44. The highest BCUT2D eigenvalue weighted by molar-refractivity contribution is 9.10. The average molecular weight is 270 g/mol. The van der Waals surface area contributed by atoms with Crippen LogP contribution in [0, 0.1) is 0 Å². The summed E-state index contributed by atoms with van der Waals surface area (Å²) >= 11 is 3.26. The van der Waals surface area contributed by atoms with Crippen molar-refractivity contribution >= 4 is 33.5 Å². The molecular weight excluding hydrogens is 262 g/mol. The standard InChI is InChI=1S/C10H8BrNO3/c11-9-5-2-4-8(13)12-7(5)3-1-6(9)10(14)15/h1,3H,2,4H2,(H,12,13)(H,14,15). The number of anilines is 1. The van der Waals surface area contributed by atoms with Crippen LogP contribution in [-0.4, -0.2) is 17.0 Å². The summed E-state index contributed by atoms with van der Waals surface area (Å²) < 4.78 is 0.563. The van der Waals surface area contributed by atoms with Crippen molar-refractivity contribution in [1.29, 1.82) is 0 Å². The molecule has 1 aliphatic rings. The van der Waals surface area contributed by atoms with E-state index in [1.54, 1.807) is 6.07 Å². The lowest BCUT2D eigenvalue weighted by Crippen LogP contribution is -2.20. The molecule has 0 saturated heterocycles. The van der Waals surface area contributed by atoms with Gasteiger partial charge in [0.15, 0.2) is 0 Å². The van der Waals surface area contributed by atoms with Crippen molar-refractivity contribution in [2.75, 3.05) is 5.32 Å². The molecule has 78 valence electrons. The molecule has 0 atom stereocenters. The summed E-state index contributed by atoms with van der Waals surface area (Å²) in [6, 6.07) is 3.11. The molecule has 2 N–H and O–H groups in total. The van der Waals surface area contributed by atoms with Gasteiger partial charge in [0.05, 0.1) is 5.56 Å². The summed E-state index contributed by atoms with van der Waals surface area (Å²) in [5.74, 6) is -1.00. The van der Waals surface area contributed by atoms with Gasteiger partial charge in [-0.15, -0.1) is 0 Å². The second-order valence-electron chi connectivity index (χ2n) is 3.31. The Morgan fingerprint density at radius 2 is 2.13 bits per heavy atom. The molecule has 2 rings (SSSR count). The fourth-order valence-electron chi connectivity index (χ4n) is 1.60. The molecular formula is C10H8BrNO3. The molecule has 1 aromatic carbocycles. The fourth-order valence-corrected chi connectivity index (χ4v) is 2.31. The topological polar surface area (TPSA) is 66.4 Å². The summed E-state index contributed by atoms with van der Waals surface area (Å²) in [5, 5.41) is 11.6. The maximum Gasteiger partial charge on any atom is 0.336 e. The zero-order valence-corrected chi connectivity index (χ0v) is 9.30. The van der Waals surface area contributed by atoms with E-state index in [4.69, 9.17) is 5.11 Å². The van der Waals surface area contributed by atoms with Crippen molar-refractivity contribution in [3.05, 3.63) is 27.7 Å². The van der Waals surface area contributed by atoms with Crippen LogP contribution < -0.4 is 5.32 Å². The molecule has 15 heavy (non-hydrogen) atoms. The van der Waals surface area contributed by atoms with Gasteiger partial charge in [-0.1, -0.05) is 0 Å². The normalized spacial score (nSPS) is 14.3. The Morgan fingerprint density at radius 3 is 2.80 bits per heavy atom. The van der Waals surface area contributed by atoms with Crippen LogP contribution in [-0.2, 0) is 11.2 Å². The Kier molecular flexibility index (Phi) is 2.48. The Balaban J connectivity index is 2.53. The van der Waals surface area contributed by atoms with Crippen molar-refractivity contribution in [1.82, 2.24) is 0 Å². The lowest BCUT2D eigenvalue weighted by Gasteiger charge is -2.18. The van der Waals surface area contributed by atoms with Crippen LogP contribution >= 0.6 is 15.9 Å². The molecule has 1 aliphatic heterocycles. The summed E-state index contributed by atoms with van der Waals surface area (Å²) in [7, 11) is 0. The van der Waals surface area contributed by atoms with E-state index in [1.807, 2.05) is 0 Å². The number of hydrogen-bond donors (Lipinski definition) is 2. The largest absolute Gasteiger partial charge is 0.478 e. The second kappa shape index (κ2) is 3.66. The van der Waals surface area contributed by atoms with Gasteiger partial charge in [0.25, 0.3) is 0 Å². The highest BCUT2D eigenvalue weighted by Crippen LogP contribution is 2.32. The van der Waals surface area contributed by atoms with E-state index in [0.717, 1.165) is 5.56 Å². The summed E-state index contributed by atoms with van der Waals surface area (Å²) in [4.78, 5) is 22.0. The van der Waals surface area contributed by atoms with E-state index in [-0.39, 0.29) is 11.5 Å². The molecule has 0 bridgehead atoms. The molecule has 0 spiro atoms. The third-order valence-corrected chi connectivity index (χ3v) is 3.26. The van der Waals surface area contributed by atoms with E-state index in [0.29, 0.717) is 23.0 Å². The maximum absolute atomic E-state index is 11.1. The van der Waals surface area contributed by atoms with Crippen LogP contribution in [0.2, 0.25) is 0 Å². The zero-order valence-electron chi connectivity index (χ0n) is 7.71. The van der Waals surface area contributed by atoms with E-state index >= 15 is 0 Å². The van der Waals surface area contributed by atoms with Crippen LogP contribution in [0.1, 0.15) is 22.3 Å². The number of amides is 1. The minimum Gasteiger partial charge on any atom is -0.478 e. The molecule has 1 amide bonds. The molecule has 0 aliphatic carbocycles. The smallest absolute Gasteiger partial charge is 0.336 e. The molecule has 4 nitrogen and oxygen atoms in total. The number of benzene rings is 1. The number of fused-ring (bicyclic) bond motifs is 1. The van der Waals surface area contributed by atoms with Crippen LogP contribution in [0.4, 0.5) is 5.69 Å². The van der Waals surface area contributed by atoms with Crippen LogP contribution in [0.15, 0.2) is 16.6 Å². The zero-order chi connectivity index (χ0) is 11.0. The summed E-state index contributed by atoms with van der Waals surface area (Å²) in [6.45, 7) is 0. The third kappa shape index (κ3) is 1.74. The van der Waals surface area contributed by atoms with Crippen molar-refractivity contribution in [2.45, 2.75) is 12.8 Å². The highest BCUT2D eigenvalue weighted by atomic mass is 79.9. The summed E-state index contributed by atoms with van der Waals surface area (Å²) in [6.07, 6.45) is 0.970. The summed E-state index contributed by atoms with van der Waals surface area (Å²) in [5.41, 5.74) is 1.78. The molecule has 0 saturated carbocycles. The van der Waals surface area contributed by atoms with Gasteiger partial charge in [-0.25, -0.2) is 4.79 Å². The van der Waals surface area contributed by atoms with Gasteiger partial charge in [0.1, 0.15) is 0 Å². The lowest BCUT2D eigenvalue weighted by atomic mass is 10.0. The molecule has 5 heteroatoms. The Labute approximate surface area is 94.4 Å². The number of nitrogens with one attached hydrogen (secondary N) is 1. The molecule has 1 aromatic rings. The molecule has 1 heterocycles. The van der Waals surface area contributed by atoms with Crippen molar-refractivity contribution in [3.63, 3.8) is 0 Å². The predicted molar refractivity (Wildman–Crippen MR) is 58.1 cm³/mol. The van der Waals surface area contributed by atoms with Gasteiger partial charge in [0.2, 0.25) is 5.91 Å². The molecule has 0 fully saturated rings. The van der Waals surface area contributed by atoms with E-state index < -0.39 is 5.97 Å². The number of hydrogen-bond acceptors (Lipinski definition) is 2. The SMILES string of the molecule is O=C1CCc2c(ccc(C(=O)O)c2Br)N1. The molecule has 0 radical (unpaired) electrons. The minimum absolute atomic E-state index is 0.0301. The fraction of sp³-hybridized carbons (Fsp3) is 0.200. The second-order valence-corrected chi connectivity index (χ2v) is 4.10. The maximum atomic E-state index is 11.1. The Hall–Kier alpha value is -1.36. The van der Waals surface area contributed by atoms with Crippen molar-refractivity contribution in [3.8, 4) is 0 Å². The number of carbonyl (C=O) groups excluding carboxylic acids is 1. The van der Waals surface area contributed by atoms with Gasteiger partial charge < -0.3 is 10.4 Å². The van der Waals surface area contributed by atoms with E-state index in [1.165, 1.54) is 6.07 Å². The number of carboxylic acids is 1. The molecule has 0 aromatic heterocycles. The first kappa shape index (κ1) is 10.2. The van der Waals surface area contributed by atoms with Crippen LogP contribution in [0.25, 0.3) is 0 Å². The Morgan fingerprint density at radius 1 is 1.40 bits per heavy atom. The van der Waals surface area contributed by atoms with E-state index in [2.05, 4.69) is 21.2 Å². The lowest BCUT2D eigenvalue weighted by molar-refractivity contribution is -0.116. The number of carboxylic acid groups (broad SMARTS) is 1. The highest BCUT2D eigenvalue weighted by Gasteiger charge is 2.20.